The second-order valence-corrected chi connectivity index (χ2v) is 4.74. The van der Waals surface area contributed by atoms with Gasteiger partial charge in [0.25, 0.3) is 0 Å². The van der Waals surface area contributed by atoms with Crippen LogP contribution in [0.1, 0.15) is 38.6 Å². The molecule has 19 heavy (non-hydrogen) atoms. The molecule has 0 amide bonds. The molecule has 5 heteroatoms. The molecule has 1 aromatic heterocycles. The van der Waals surface area contributed by atoms with E-state index in [0.717, 1.165) is 50.7 Å². The number of hydrogen-bond acceptors (Lipinski definition) is 5. The summed E-state index contributed by atoms with van der Waals surface area (Å²) in [5.41, 5.74) is 6.36. The van der Waals surface area contributed by atoms with Crippen molar-refractivity contribution in [1.82, 2.24) is 15.0 Å². The van der Waals surface area contributed by atoms with E-state index in [1.165, 1.54) is 6.42 Å². The predicted molar refractivity (Wildman–Crippen MR) is 77.8 cm³/mol. The van der Waals surface area contributed by atoms with E-state index in [9.17, 15) is 0 Å². The maximum atomic E-state index is 5.53. The van der Waals surface area contributed by atoms with Gasteiger partial charge in [0, 0.05) is 12.6 Å². The van der Waals surface area contributed by atoms with Crippen LogP contribution in [0.3, 0.4) is 0 Å². The van der Waals surface area contributed by atoms with Gasteiger partial charge in [0.1, 0.15) is 0 Å². The van der Waals surface area contributed by atoms with Crippen molar-refractivity contribution >= 4 is 0 Å². The van der Waals surface area contributed by atoms with Gasteiger partial charge < -0.3 is 15.2 Å². The third-order valence-electron chi connectivity index (χ3n) is 3.49. The van der Waals surface area contributed by atoms with E-state index in [0.29, 0.717) is 6.54 Å². The molecule has 5 nitrogen and oxygen atoms in total. The molecular weight excluding hydrogens is 240 g/mol. The highest BCUT2D eigenvalue weighted by atomic mass is 16.5. The lowest BCUT2D eigenvalue weighted by Crippen LogP contribution is -2.29. The molecular formula is C14H28N4O. The summed E-state index contributed by atoms with van der Waals surface area (Å²) in [7, 11) is 0. The molecule has 0 atom stereocenters. The molecule has 1 heterocycles. The molecule has 0 bridgehead atoms. The summed E-state index contributed by atoms with van der Waals surface area (Å²) in [6.45, 7) is 13.4. The fourth-order valence-electron chi connectivity index (χ4n) is 2.15. The molecule has 0 aromatic carbocycles. The highest BCUT2D eigenvalue weighted by molar-refractivity contribution is 5.04. The quantitative estimate of drug-likeness (QED) is 0.700. The molecule has 2 N–H and O–H groups in total. The first-order chi connectivity index (χ1) is 9.23. The maximum Gasteiger partial charge on any atom is 0.151 e. The summed E-state index contributed by atoms with van der Waals surface area (Å²) in [6.07, 6.45) is 1.19. The van der Waals surface area contributed by atoms with Gasteiger partial charge in [-0.1, -0.05) is 25.9 Å². The fourth-order valence-corrected chi connectivity index (χ4v) is 2.15. The van der Waals surface area contributed by atoms with Crippen molar-refractivity contribution in [3.63, 3.8) is 0 Å². The minimum Gasteiger partial charge on any atom is -0.360 e. The molecule has 0 saturated heterocycles. The van der Waals surface area contributed by atoms with E-state index in [2.05, 4.69) is 35.7 Å². The van der Waals surface area contributed by atoms with Gasteiger partial charge in [0.2, 0.25) is 0 Å². The average molecular weight is 268 g/mol. The van der Waals surface area contributed by atoms with E-state index in [4.69, 9.17) is 10.3 Å². The second-order valence-electron chi connectivity index (χ2n) is 4.74. The van der Waals surface area contributed by atoms with Crippen LogP contribution < -0.4 is 5.73 Å². The van der Waals surface area contributed by atoms with Crippen molar-refractivity contribution in [1.29, 1.82) is 0 Å². The van der Waals surface area contributed by atoms with Crippen molar-refractivity contribution in [2.75, 3.05) is 32.7 Å². The van der Waals surface area contributed by atoms with Gasteiger partial charge in [-0.15, -0.1) is 0 Å². The van der Waals surface area contributed by atoms with Crippen LogP contribution in [0.4, 0.5) is 0 Å². The number of nitrogens with two attached hydrogens (primary N) is 1. The standard InChI is InChI=1S/C14H28N4O/c1-4-17(5-2)8-7-9-18(6-3)12-14-10-13(11-15)16-19-14/h10H,4-9,11-12,15H2,1-3H3. The van der Waals surface area contributed by atoms with E-state index in [1.807, 2.05) is 6.07 Å². The fraction of sp³-hybridized carbons (Fsp3) is 0.786. The van der Waals surface area contributed by atoms with Crippen molar-refractivity contribution in [2.45, 2.75) is 40.3 Å². The SMILES string of the molecule is CCN(CC)CCCN(CC)Cc1cc(CN)no1. The Labute approximate surface area is 116 Å². The number of nitrogens with zero attached hydrogens (tertiary/aromatic N) is 3. The van der Waals surface area contributed by atoms with E-state index in [-0.39, 0.29) is 0 Å². The zero-order chi connectivity index (χ0) is 14.1. The number of aromatic nitrogens is 1. The molecule has 0 fully saturated rings. The smallest absolute Gasteiger partial charge is 0.151 e. The third kappa shape index (κ3) is 5.72. The normalized spacial score (nSPS) is 11.7. The maximum absolute atomic E-state index is 5.53. The summed E-state index contributed by atoms with van der Waals surface area (Å²) in [6, 6.07) is 1.95. The largest absolute Gasteiger partial charge is 0.360 e. The Hall–Kier alpha value is -0.910. The Kier molecular flexibility index (Phi) is 7.70. The van der Waals surface area contributed by atoms with E-state index >= 15 is 0 Å². The molecule has 1 aromatic rings. The number of hydrogen-bond donors (Lipinski definition) is 1. The van der Waals surface area contributed by atoms with Crippen LogP contribution in [0, 0.1) is 0 Å². The van der Waals surface area contributed by atoms with Crippen LogP contribution in [0.5, 0.6) is 0 Å². The predicted octanol–water partition coefficient (Wildman–Crippen LogP) is 1.69. The first-order valence-electron chi connectivity index (χ1n) is 7.32. The van der Waals surface area contributed by atoms with E-state index in [1.54, 1.807) is 0 Å². The lowest BCUT2D eigenvalue weighted by Gasteiger charge is -2.22. The molecule has 0 unspecified atom stereocenters. The van der Waals surface area contributed by atoms with Gasteiger partial charge in [-0.25, -0.2) is 0 Å². The second kappa shape index (κ2) is 9.07. The van der Waals surface area contributed by atoms with E-state index < -0.39 is 0 Å². The van der Waals surface area contributed by atoms with Crippen molar-refractivity contribution in [2.24, 2.45) is 5.73 Å². The molecule has 0 aliphatic heterocycles. The van der Waals surface area contributed by atoms with Crippen LogP contribution in [0.15, 0.2) is 10.6 Å². The van der Waals surface area contributed by atoms with Crippen LogP contribution in [0.2, 0.25) is 0 Å². The van der Waals surface area contributed by atoms with Crippen LogP contribution in [0.25, 0.3) is 0 Å². The Morgan fingerprint density at radius 2 is 1.74 bits per heavy atom. The molecule has 0 radical (unpaired) electrons. The first-order valence-corrected chi connectivity index (χ1v) is 7.32. The van der Waals surface area contributed by atoms with Crippen molar-refractivity contribution in [3.05, 3.63) is 17.5 Å². The molecule has 0 saturated carbocycles. The van der Waals surface area contributed by atoms with Gasteiger partial charge in [0.05, 0.1) is 12.2 Å². The lowest BCUT2D eigenvalue weighted by atomic mass is 10.3. The van der Waals surface area contributed by atoms with Crippen LogP contribution in [-0.2, 0) is 13.1 Å². The molecule has 0 aliphatic carbocycles. The number of rotatable bonds is 10. The Balaban J connectivity index is 2.33. The Morgan fingerprint density at radius 3 is 2.26 bits per heavy atom. The first kappa shape index (κ1) is 16.1. The van der Waals surface area contributed by atoms with Crippen molar-refractivity contribution in [3.8, 4) is 0 Å². The topological polar surface area (TPSA) is 58.5 Å². The van der Waals surface area contributed by atoms with Gasteiger partial charge in [-0.05, 0) is 39.1 Å². The lowest BCUT2D eigenvalue weighted by molar-refractivity contribution is 0.217. The molecule has 0 spiro atoms. The summed E-state index contributed by atoms with van der Waals surface area (Å²) in [4.78, 5) is 4.83. The zero-order valence-corrected chi connectivity index (χ0v) is 12.6. The highest BCUT2D eigenvalue weighted by Gasteiger charge is 2.09. The summed E-state index contributed by atoms with van der Waals surface area (Å²) >= 11 is 0. The summed E-state index contributed by atoms with van der Waals surface area (Å²) in [5, 5.41) is 3.92. The van der Waals surface area contributed by atoms with Gasteiger partial charge in [0.15, 0.2) is 5.76 Å². The summed E-state index contributed by atoms with van der Waals surface area (Å²) in [5.74, 6) is 0.908. The van der Waals surface area contributed by atoms with Gasteiger partial charge >= 0.3 is 0 Å². The van der Waals surface area contributed by atoms with Crippen molar-refractivity contribution < 1.29 is 4.52 Å². The van der Waals surface area contributed by atoms with Gasteiger partial charge in [-0.2, -0.15) is 0 Å². The van der Waals surface area contributed by atoms with Crippen LogP contribution >= 0.6 is 0 Å². The molecule has 110 valence electrons. The molecule has 0 aliphatic rings. The monoisotopic (exact) mass is 268 g/mol. The Bertz CT molecular complexity index is 336. The Morgan fingerprint density at radius 1 is 1.11 bits per heavy atom. The average Bonchev–Trinajstić information content (AvgIpc) is 2.90. The third-order valence-corrected chi connectivity index (χ3v) is 3.49. The minimum absolute atomic E-state index is 0.442. The zero-order valence-electron chi connectivity index (χ0n) is 12.6. The van der Waals surface area contributed by atoms with Crippen LogP contribution in [-0.4, -0.2) is 47.7 Å². The summed E-state index contributed by atoms with van der Waals surface area (Å²) < 4.78 is 5.28. The highest BCUT2D eigenvalue weighted by Crippen LogP contribution is 2.07. The molecule has 1 rings (SSSR count). The van der Waals surface area contributed by atoms with Gasteiger partial charge in [-0.3, -0.25) is 4.90 Å². The minimum atomic E-state index is 0.442.